The van der Waals surface area contributed by atoms with Crippen molar-refractivity contribution >= 4 is 36.0 Å². The van der Waals surface area contributed by atoms with Gasteiger partial charge in [0.2, 0.25) is 5.28 Å². The lowest BCUT2D eigenvalue weighted by Gasteiger charge is -2.21. The highest BCUT2D eigenvalue weighted by atomic mass is 35.5. The molecule has 182 valence electrons. The second-order valence-corrected chi connectivity index (χ2v) is 10.5. The molecule has 4 N–H and O–H groups in total. The molecule has 4 rings (SSSR count). The molecule has 1 saturated carbocycles. The van der Waals surface area contributed by atoms with Crippen molar-refractivity contribution in [1.29, 1.82) is 0 Å². The van der Waals surface area contributed by atoms with Gasteiger partial charge in [0.05, 0.1) is 29.8 Å². The van der Waals surface area contributed by atoms with Gasteiger partial charge in [0.15, 0.2) is 11.9 Å². The van der Waals surface area contributed by atoms with Gasteiger partial charge < -0.3 is 29.5 Å². The fourth-order valence-corrected chi connectivity index (χ4v) is 5.25. The highest BCUT2D eigenvalue weighted by molar-refractivity contribution is 7.51. The molecule has 14 heteroatoms. The standard InChI is InChI=1S/C19H26ClN4O8P/c1-9(25)13(10-4-2-3-5-10)14-11-6-21-24(17(11)23-19(20)22-14)18-16(27)15(26)12(32-18)7-31-8-33(28,29)30/h6,10,12-13,15-16,18,26-27H,2-5,7-8H2,1H3,(H2,28,29,30)/t12-,13?,15-,16-,18-/m1/s1. The monoisotopic (exact) mass is 504 g/mol. The van der Waals surface area contributed by atoms with Gasteiger partial charge in [-0.1, -0.05) is 12.8 Å². The molecular formula is C19H26ClN4O8P. The average Bonchev–Trinajstić information content (AvgIpc) is 3.44. The molecule has 0 radical (unpaired) electrons. The Morgan fingerprint density at radius 3 is 2.64 bits per heavy atom. The molecule has 2 aromatic rings. The first-order valence-corrected chi connectivity index (χ1v) is 12.8. The Bertz CT molecular complexity index is 1070. The minimum atomic E-state index is -4.39. The first-order chi connectivity index (χ1) is 15.6. The van der Waals surface area contributed by atoms with E-state index in [0.29, 0.717) is 11.1 Å². The number of halogens is 1. The van der Waals surface area contributed by atoms with Crippen molar-refractivity contribution in [1.82, 2.24) is 19.7 Å². The van der Waals surface area contributed by atoms with Crippen molar-refractivity contribution in [2.24, 2.45) is 5.92 Å². The minimum Gasteiger partial charge on any atom is -0.387 e. The number of hydrogen-bond donors (Lipinski definition) is 4. The topological polar surface area (TPSA) is 177 Å². The Labute approximate surface area is 194 Å². The molecule has 1 aliphatic heterocycles. The van der Waals surface area contributed by atoms with Crippen molar-refractivity contribution in [3.8, 4) is 0 Å². The quantitative estimate of drug-likeness (QED) is 0.299. The van der Waals surface area contributed by atoms with Crippen LogP contribution in [0.3, 0.4) is 0 Å². The Morgan fingerprint density at radius 1 is 1.30 bits per heavy atom. The van der Waals surface area contributed by atoms with Crippen molar-refractivity contribution in [3.63, 3.8) is 0 Å². The number of nitrogens with zero attached hydrogens (tertiary/aromatic N) is 4. The Kier molecular flexibility index (Phi) is 7.18. The Morgan fingerprint density at radius 2 is 2.00 bits per heavy atom. The molecular weight excluding hydrogens is 479 g/mol. The maximum absolute atomic E-state index is 12.6. The summed E-state index contributed by atoms with van der Waals surface area (Å²) in [6.45, 7) is 1.17. The molecule has 0 aromatic carbocycles. The zero-order valence-electron chi connectivity index (χ0n) is 17.8. The smallest absolute Gasteiger partial charge is 0.350 e. The van der Waals surface area contributed by atoms with Gasteiger partial charge in [-0.15, -0.1) is 0 Å². The first-order valence-electron chi connectivity index (χ1n) is 10.6. The fraction of sp³-hybridized carbons (Fsp3) is 0.684. The number of aromatic nitrogens is 4. The van der Waals surface area contributed by atoms with E-state index in [0.717, 1.165) is 25.7 Å². The zero-order valence-corrected chi connectivity index (χ0v) is 19.5. The maximum atomic E-state index is 12.6. The third-order valence-electron chi connectivity index (χ3n) is 6.18. The second kappa shape index (κ2) is 9.63. The van der Waals surface area contributed by atoms with Crippen molar-refractivity contribution in [2.75, 3.05) is 13.0 Å². The summed E-state index contributed by atoms with van der Waals surface area (Å²) < 4.78 is 22.8. The molecule has 3 heterocycles. The summed E-state index contributed by atoms with van der Waals surface area (Å²) in [5.41, 5.74) is 0.715. The number of aliphatic hydroxyl groups excluding tert-OH is 2. The lowest BCUT2D eigenvalue weighted by Crippen LogP contribution is -2.34. The van der Waals surface area contributed by atoms with Gasteiger partial charge in [0.25, 0.3) is 0 Å². The molecule has 0 amide bonds. The molecule has 2 aromatic heterocycles. The summed E-state index contributed by atoms with van der Waals surface area (Å²) in [4.78, 5) is 39.0. The molecule has 1 unspecified atom stereocenters. The average molecular weight is 505 g/mol. The van der Waals surface area contributed by atoms with E-state index < -0.39 is 44.4 Å². The minimum absolute atomic E-state index is 0.0273. The van der Waals surface area contributed by atoms with Gasteiger partial charge >= 0.3 is 7.60 Å². The van der Waals surface area contributed by atoms with E-state index in [4.69, 9.17) is 30.9 Å². The number of hydrogen-bond acceptors (Lipinski definition) is 9. The SMILES string of the molecule is CC(=O)C(c1nc(Cl)nc2c1cnn2[C@@H]1O[C@H](COCP(=O)(O)O)[C@@H](O)[C@H]1O)C1CCCC1. The van der Waals surface area contributed by atoms with Gasteiger partial charge in [-0.2, -0.15) is 10.1 Å². The molecule has 12 nitrogen and oxygen atoms in total. The summed E-state index contributed by atoms with van der Waals surface area (Å²) in [5.74, 6) is -0.340. The van der Waals surface area contributed by atoms with E-state index >= 15 is 0 Å². The van der Waals surface area contributed by atoms with Crippen LogP contribution in [0.15, 0.2) is 6.20 Å². The van der Waals surface area contributed by atoms with E-state index in [1.807, 2.05) is 0 Å². The van der Waals surface area contributed by atoms with E-state index in [1.165, 1.54) is 17.8 Å². The van der Waals surface area contributed by atoms with Crippen LogP contribution < -0.4 is 0 Å². The van der Waals surface area contributed by atoms with Crippen molar-refractivity contribution in [3.05, 3.63) is 17.2 Å². The van der Waals surface area contributed by atoms with Crippen LogP contribution >= 0.6 is 19.2 Å². The molecule has 33 heavy (non-hydrogen) atoms. The number of rotatable bonds is 8. The Balaban J connectivity index is 1.64. The summed E-state index contributed by atoms with van der Waals surface area (Å²) in [7, 11) is -4.39. The van der Waals surface area contributed by atoms with Crippen LogP contribution in [0, 0.1) is 5.92 Å². The van der Waals surface area contributed by atoms with Crippen LogP contribution in [-0.4, -0.2) is 76.8 Å². The third kappa shape index (κ3) is 5.13. The predicted molar refractivity (Wildman–Crippen MR) is 114 cm³/mol. The second-order valence-electron chi connectivity index (χ2n) is 8.55. The number of fused-ring (bicyclic) bond motifs is 1. The molecule has 0 spiro atoms. The lowest BCUT2D eigenvalue weighted by atomic mass is 9.84. The number of Topliss-reactive ketones (excluding diaryl/α,β-unsaturated/α-hetero) is 1. The first kappa shape index (κ1) is 24.6. The summed E-state index contributed by atoms with van der Waals surface area (Å²) in [6, 6.07) is 0. The molecule has 5 atom stereocenters. The third-order valence-corrected chi connectivity index (χ3v) is 6.87. The fourth-order valence-electron chi connectivity index (χ4n) is 4.74. The van der Waals surface area contributed by atoms with Crippen LogP contribution in [0.4, 0.5) is 0 Å². The lowest BCUT2D eigenvalue weighted by molar-refractivity contribution is -0.119. The van der Waals surface area contributed by atoms with Crippen LogP contribution in [-0.2, 0) is 18.8 Å². The highest BCUT2D eigenvalue weighted by Crippen LogP contribution is 2.41. The number of carbonyl (C=O) groups is 1. The largest absolute Gasteiger partial charge is 0.387 e. The van der Waals surface area contributed by atoms with Gasteiger partial charge in [-0.05, 0) is 37.3 Å². The normalized spacial score (nSPS) is 27.5. The zero-order chi connectivity index (χ0) is 23.9. The van der Waals surface area contributed by atoms with Gasteiger partial charge in [0.1, 0.15) is 30.4 Å². The van der Waals surface area contributed by atoms with Crippen LogP contribution in [0.25, 0.3) is 11.0 Å². The van der Waals surface area contributed by atoms with Gasteiger partial charge in [0, 0.05) is 0 Å². The number of aliphatic hydroxyl groups is 2. The van der Waals surface area contributed by atoms with E-state index in [9.17, 15) is 19.6 Å². The Hall–Kier alpha value is -1.50. The summed E-state index contributed by atoms with van der Waals surface area (Å²) in [5, 5.41) is 25.6. The van der Waals surface area contributed by atoms with E-state index in [2.05, 4.69) is 15.1 Å². The van der Waals surface area contributed by atoms with Gasteiger partial charge in [-0.3, -0.25) is 9.36 Å². The molecule has 0 bridgehead atoms. The maximum Gasteiger partial charge on any atom is 0.350 e. The number of ketones is 1. The summed E-state index contributed by atoms with van der Waals surface area (Å²) in [6.07, 6.45) is -0.501. The van der Waals surface area contributed by atoms with Crippen LogP contribution in [0.1, 0.15) is 50.4 Å². The molecule has 1 saturated heterocycles. The molecule has 2 fully saturated rings. The van der Waals surface area contributed by atoms with Crippen molar-refractivity contribution < 1.29 is 38.8 Å². The number of ether oxygens (including phenoxy) is 2. The van der Waals surface area contributed by atoms with E-state index in [1.54, 1.807) is 0 Å². The van der Waals surface area contributed by atoms with E-state index in [-0.39, 0.29) is 29.2 Å². The summed E-state index contributed by atoms with van der Waals surface area (Å²) >= 11 is 6.20. The highest BCUT2D eigenvalue weighted by Gasteiger charge is 2.45. The molecule has 2 aliphatic rings. The van der Waals surface area contributed by atoms with Crippen molar-refractivity contribution in [2.45, 2.75) is 63.1 Å². The van der Waals surface area contributed by atoms with Gasteiger partial charge in [-0.25, -0.2) is 9.67 Å². The van der Waals surface area contributed by atoms with Crippen LogP contribution in [0.2, 0.25) is 5.28 Å². The number of carbonyl (C=O) groups excluding carboxylic acids is 1. The van der Waals surface area contributed by atoms with Crippen LogP contribution in [0.5, 0.6) is 0 Å². The predicted octanol–water partition coefficient (Wildman–Crippen LogP) is 1.11. The molecule has 1 aliphatic carbocycles.